The lowest BCUT2D eigenvalue weighted by molar-refractivity contribution is -0.146. The number of carbonyl (C=O) groups is 2. The zero-order valence-corrected chi connectivity index (χ0v) is 16.0. The summed E-state index contributed by atoms with van der Waals surface area (Å²) in [6.07, 6.45) is 1.69. The lowest BCUT2D eigenvalue weighted by Gasteiger charge is -2.35. The maximum Gasteiger partial charge on any atom is 0.312 e. The highest BCUT2D eigenvalue weighted by Gasteiger charge is 2.25. The minimum Gasteiger partial charge on any atom is -0.368 e. The summed E-state index contributed by atoms with van der Waals surface area (Å²) in [5, 5.41) is 3.43. The molecular weight excluding hydrogens is 362 g/mol. The third kappa shape index (κ3) is 5.47. The van der Waals surface area contributed by atoms with Gasteiger partial charge < -0.3 is 15.1 Å². The van der Waals surface area contributed by atoms with E-state index in [2.05, 4.69) is 22.3 Å². The van der Waals surface area contributed by atoms with Gasteiger partial charge >= 0.3 is 11.8 Å². The van der Waals surface area contributed by atoms with E-state index in [1.54, 1.807) is 4.90 Å². The molecule has 1 N–H and O–H groups in total. The van der Waals surface area contributed by atoms with E-state index in [9.17, 15) is 9.59 Å². The van der Waals surface area contributed by atoms with Gasteiger partial charge in [0, 0.05) is 43.4 Å². The normalized spacial score (nSPS) is 14.1. The van der Waals surface area contributed by atoms with Gasteiger partial charge in [-0.05, 0) is 36.6 Å². The third-order valence-electron chi connectivity index (χ3n) is 4.71. The minimum atomic E-state index is -0.515. The molecule has 1 saturated heterocycles. The van der Waals surface area contributed by atoms with Crippen LogP contribution < -0.4 is 10.2 Å². The third-order valence-corrected chi connectivity index (χ3v) is 4.94. The lowest BCUT2D eigenvalue weighted by atomic mass is 10.1. The second-order valence-electron chi connectivity index (χ2n) is 6.60. The van der Waals surface area contributed by atoms with Crippen molar-refractivity contribution in [2.75, 3.05) is 37.6 Å². The molecule has 0 aliphatic carbocycles. The number of piperazine rings is 1. The largest absolute Gasteiger partial charge is 0.368 e. The highest BCUT2D eigenvalue weighted by molar-refractivity contribution is 6.35. The van der Waals surface area contributed by atoms with Crippen LogP contribution in [0.15, 0.2) is 54.6 Å². The molecule has 6 heteroatoms. The van der Waals surface area contributed by atoms with Gasteiger partial charge in [0.25, 0.3) is 0 Å². The number of nitrogens with one attached hydrogen (secondary N) is 1. The summed E-state index contributed by atoms with van der Waals surface area (Å²) in [5.41, 5.74) is 2.27. The van der Waals surface area contributed by atoms with E-state index in [4.69, 9.17) is 11.6 Å². The molecule has 5 nitrogen and oxygen atoms in total. The quantitative estimate of drug-likeness (QED) is 0.636. The SMILES string of the molecule is O=C(NCCCc1ccccc1)C(=O)N1CCN(c2cccc(Cl)c2)CC1. The Hall–Kier alpha value is -2.53. The highest BCUT2D eigenvalue weighted by atomic mass is 35.5. The van der Waals surface area contributed by atoms with Gasteiger partial charge in [-0.2, -0.15) is 0 Å². The number of benzene rings is 2. The van der Waals surface area contributed by atoms with Gasteiger partial charge in [0.15, 0.2) is 0 Å². The molecule has 0 atom stereocenters. The molecule has 142 valence electrons. The molecule has 0 aromatic heterocycles. The summed E-state index contributed by atoms with van der Waals surface area (Å²) >= 11 is 6.04. The molecule has 3 rings (SSSR count). The molecule has 0 saturated carbocycles. The number of carbonyl (C=O) groups excluding carboxylic acids is 2. The van der Waals surface area contributed by atoms with Crippen molar-refractivity contribution in [2.45, 2.75) is 12.8 Å². The number of nitrogens with zero attached hydrogens (tertiary/aromatic N) is 2. The average Bonchev–Trinajstić information content (AvgIpc) is 2.71. The maximum atomic E-state index is 12.3. The molecule has 1 fully saturated rings. The van der Waals surface area contributed by atoms with Crippen LogP contribution >= 0.6 is 11.6 Å². The van der Waals surface area contributed by atoms with E-state index in [1.165, 1.54) is 5.56 Å². The number of aryl methyl sites for hydroxylation is 1. The average molecular weight is 386 g/mol. The summed E-state index contributed by atoms with van der Waals surface area (Å²) < 4.78 is 0. The fourth-order valence-electron chi connectivity index (χ4n) is 3.20. The molecule has 1 aliphatic rings. The second kappa shape index (κ2) is 9.42. The van der Waals surface area contributed by atoms with Crippen LogP contribution in [0, 0.1) is 0 Å². The van der Waals surface area contributed by atoms with E-state index in [0.29, 0.717) is 37.7 Å². The first kappa shape index (κ1) is 19.2. The second-order valence-corrected chi connectivity index (χ2v) is 7.04. The molecular formula is C21H24ClN3O2. The van der Waals surface area contributed by atoms with E-state index in [0.717, 1.165) is 18.5 Å². The standard InChI is InChI=1S/C21H24ClN3O2/c22-18-9-4-10-19(16-18)24-12-14-25(15-13-24)21(27)20(26)23-11-5-8-17-6-2-1-3-7-17/h1-4,6-7,9-10,16H,5,8,11-15H2,(H,23,26). The molecule has 2 amide bonds. The van der Waals surface area contributed by atoms with Gasteiger partial charge in [0.05, 0.1) is 0 Å². The Balaban J connectivity index is 1.40. The van der Waals surface area contributed by atoms with Crippen LogP contribution in [-0.4, -0.2) is 49.4 Å². The lowest BCUT2D eigenvalue weighted by Crippen LogP contribution is -2.52. The summed E-state index contributed by atoms with van der Waals surface area (Å²) in [6.45, 7) is 2.94. The van der Waals surface area contributed by atoms with Crippen molar-refractivity contribution in [3.63, 3.8) is 0 Å². The Morgan fingerprint density at radius 2 is 1.70 bits per heavy atom. The van der Waals surface area contributed by atoms with E-state index >= 15 is 0 Å². The summed E-state index contributed by atoms with van der Waals surface area (Å²) in [6, 6.07) is 17.8. The number of halogens is 1. The number of hydrogen-bond donors (Lipinski definition) is 1. The fourth-order valence-corrected chi connectivity index (χ4v) is 3.38. The zero-order valence-electron chi connectivity index (χ0n) is 15.2. The van der Waals surface area contributed by atoms with E-state index < -0.39 is 11.8 Å². The van der Waals surface area contributed by atoms with Crippen molar-refractivity contribution >= 4 is 29.1 Å². The monoisotopic (exact) mass is 385 g/mol. The smallest absolute Gasteiger partial charge is 0.312 e. The first-order chi connectivity index (χ1) is 13.1. The van der Waals surface area contributed by atoms with Crippen molar-refractivity contribution in [1.29, 1.82) is 0 Å². The van der Waals surface area contributed by atoms with Gasteiger partial charge in [-0.1, -0.05) is 48.0 Å². The summed E-state index contributed by atoms with van der Waals surface area (Å²) in [4.78, 5) is 28.2. The molecule has 1 aliphatic heterocycles. The molecule has 1 heterocycles. The predicted octanol–water partition coefficient (Wildman–Crippen LogP) is 2.74. The predicted molar refractivity (Wildman–Crippen MR) is 108 cm³/mol. The van der Waals surface area contributed by atoms with Crippen LogP contribution in [-0.2, 0) is 16.0 Å². The van der Waals surface area contributed by atoms with Crippen LogP contribution in [0.5, 0.6) is 0 Å². The molecule has 2 aromatic carbocycles. The van der Waals surface area contributed by atoms with Gasteiger partial charge in [-0.15, -0.1) is 0 Å². The first-order valence-electron chi connectivity index (χ1n) is 9.25. The van der Waals surface area contributed by atoms with Crippen LogP contribution in [0.25, 0.3) is 0 Å². The van der Waals surface area contributed by atoms with Gasteiger partial charge in [-0.25, -0.2) is 0 Å². The Morgan fingerprint density at radius 1 is 0.963 bits per heavy atom. The molecule has 2 aromatic rings. The highest BCUT2D eigenvalue weighted by Crippen LogP contribution is 2.20. The van der Waals surface area contributed by atoms with Crippen LogP contribution in [0.3, 0.4) is 0 Å². The van der Waals surface area contributed by atoms with Gasteiger partial charge in [-0.3, -0.25) is 9.59 Å². The Bertz CT molecular complexity index is 774. The Kier molecular flexibility index (Phi) is 6.71. The van der Waals surface area contributed by atoms with Crippen LogP contribution in [0.2, 0.25) is 5.02 Å². The maximum absolute atomic E-state index is 12.3. The Labute approximate surface area is 164 Å². The number of hydrogen-bond acceptors (Lipinski definition) is 3. The zero-order chi connectivity index (χ0) is 19.1. The molecule has 0 spiro atoms. The summed E-state index contributed by atoms with van der Waals surface area (Å²) in [5.74, 6) is -0.959. The van der Waals surface area contributed by atoms with Gasteiger partial charge in [0.2, 0.25) is 0 Å². The van der Waals surface area contributed by atoms with Gasteiger partial charge in [0.1, 0.15) is 0 Å². The first-order valence-corrected chi connectivity index (χ1v) is 9.63. The number of rotatable bonds is 5. The van der Waals surface area contributed by atoms with Crippen LogP contribution in [0.1, 0.15) is 12.0 Å². The van der Waals surface area contributed by atoms with Crippen molar-refractivity contribution in [3.8, 4) is 0 Å². The van der Waals surface area contributed by atoms with Crippen molar-refractivity contribution in [2.24, 2.45) is 0 Å². The van der Waals surface area contributed by atoms with Crippen molar-refractivity contribution < 1.29 is 9.59 Å². The Morgan fingerprint density at radius 3 is 2.41 bits per heavy atom. The number of anilines is 1. The van der Waals surface area contributed by atoms with E-state index in [-0.39, 0.29) is 0 Å². The minimum absolute atomic E-state index is 0.444. The number of amides is 2. The molecule has 0 radical (unpaired) electrons. The fraction of sp³-hybridized carbons (Fsp3) is 0.333. The van der Waals surface area contributed by atoms with Crippen molar-refractivity contribution in [3.05, 3.63) is 65.2 Å². The van der Waals surface area contributed by atoms with E-state index in [1.807, 2.05) is 42.5 Å². The topological polar surface area (TPSA) is 52.7 Å². The molecule has 27 heavy (non-hydrogen) atoms. The summed E-state index contributed by atoms with van der Waals surface area (Å²) in [7, 11) is 0. The molecule has 0 bridgehead atoms. The van der Waals surface area contributed by atoms with Crippen LogP contribution in [0.4, 0.5) is 5.69 Å². The molecule has 0 unspecified atom stereocenters. The van der Waals surface area contributed by atoms with Crippen molar-refractivity contribution in [1.82, 2.24) is 10.2 Å².